The number of anilines is 1. The topological polar surface area (TPSA) is 79.9 Å². The number of benzene rings is 1. The van der Waals surface area contributed by atoms with Crippen molar-refractivity contribution in [3.8, 4) is 0 Å². The van der Waals surface area contributed by atoms with E-state index in [2.05, 4.69) is 10.6 Å². The van der Waals surface area contributed by atoms with Gasteiger partial charge in [-0.1, -0.05) is 12.1 Å². The van der Waals surface area contributed by atoms with Gasteiger partial charge in [-0.2, -0.15) is 0 Å². The van der Waals surface area contributed by atoms with Gasteiger partial charge in [0, 0.05) is 26.7 Å². The first-order valence-electron chi connectivity index (χ1n) is 8.37. The molecule has 0 aromatic heterocycles. The van der Waals surface area contributed by atoms with Crippen LogP contribution in [0.5, 0.6) is 0 Å². The maximum atomic E-state index is 12.4. The first-order chi connectivity index (χ1) is 11.8. The largest absolute Gasteiger partial charge is 0.465 e. The fraction of sp³-hybridized carbons (Fsp3) is 0.556. The normalized spacial score (nSPS) is 17.8. The second-order valence-corrected chi connectivity index (χ2v) is 6.94. The fourth-order valence-corrected chi connectivity index (χ4v) is 2.87. The molecular formula is C18H27N3O4. The molecule has 0 saturated carbocycles. The highest BCUT2D eigenvalue weighted by atomic mass is 16.6. The summed E-state index contributed by atoms with van der Waals surface area (Å²) in [6.45, 7) is 7.25. The molecule has 0 radical (unpaired) electrons. The molecule has 1 aliphatic heterocycles. The molecule has 0 bridgehead atoms. The third kappa shape index (κ3) is 4.63. The summed E-state index contributed by atoms with van der Waals surface area (Å²) in [4.78, 5) is 26.0. The number of ether oxygens (including phenoxy) is 2. The Hall–Kier alpha value is -2.28. The van der Waals surface area contributed by atoms with Crippen molar-refractivity contribution in [2.24, 2.45) is 0 Å². The van der Waals surface area contributed by atoms with Crippen molar-refractivity contribution in [2.75, 3.05) is 39.1 Å². The van der Waals surface area contributed by atoms with Gasteiger partial charge in [0.1, 0.15) is 5.60 Å². The van der Waals surface area contributed by atoms with Crippen LogP contribution in [-0.4, -0.2) is 56.4 Å². The van der Waals surface area contributed by atoms with Crippen LogP contribution in [-0.2, 0) is 9.47 Å². The van der Waals surface area contributed by atoms with Crippen LogP contribution in [0.25, 0.3) is 0 Å². The minimum atomic E-state index is -0.529. The van der Waals surface area contributed by atoms with Gasteiger partial charge in [0.05, 0.1) is 24.4 Å². The highest BCUT2D eigenvalue weighted by Crippen LogP contribution is 2.29. The molecule has 1 aromatic carbocycles. The predicted octanol–water partition coefficient (Wildman–Crippen LogP) is 2.40. The number of esters is 1. The number of methoxy groups -OCH3 is 1. The Morgan fingerprint density at radius 2 is 2.04 bits per heavy atom. The number of rotatable bonds is 3. The van der Waals surface area contributed by atoms with Crippen LogP contribution in [0.4, 0.5) is 10.5 Å². The van der Waals surface area contributed by atoms with Crippen molar-refractivity contribution in [1.82, 2.24) is 10.2 Å². The lowest BCUT2D eigenvalue weighted by molar-refractivity contribution is 0.0195. The van der Waals surface area contributed by atoms with Crippen molar-refractivity contribution >= 4 is 17.7 Å². The van der Waals surface area contributed by atoms with Gasteiger partial charge in [0.2, 0.25) is 0 Å². The third-order valence-electron chi connectivity index (χ3n) is 3.95. The Kier molecular flexibility index (Phi) is 5.89. The van der Waals surface area contributed by atoms with Crippen molar-refractivity contribution < 1.29 is 19.1 Å². The number of nitrogens with one attached hydrogen (secondary N) is 2. The van der Waals surface area contributed by atoms with E-state index in [1.165, 1.54) is 7.11 Å². The second kappa shape index (κ2) is 7.74. The smallest absolute Gasteiger partial charge is 0.410 e. The van der Waals surface area contributed by atoms with Crippen LogP contribution < -0.4 is 10.6 Å². The molecule has 1 saturated heterocycles. The zero-order valence-corrected chi connectivity index (χ0v) is 15.5. The van der Waals surface area contributed by atoms with Gasteiger partial charge < -0.3 is 25.0 Å². The van der Waals surface area contributed by atoms with E-state index in [1.54, 1.807) is 18.0 Å². The predicted molar refractivity (Wildman–Crippen MR) is 95.9 cm³/mol. The molecule has 0 spiro atoms. The van der Waals surface area contributed by atoms with Crippen molar-refractivity contribution in [3.63, 3.8) is 0 Å². The van der Waals surface area contributed by atoms with E-state index in [1.807, 2.05) is 32.9 Å². The molecule has 1 aliphatic rings. The average Bonchev–Trinajstić information content (AvgIpc) is 2.59. The molecule has 2 N–H and O–H groups in total. The summed E-state index contributed by atoms with van der Waals surface area (Å²) in [5.74, 6) is -0.397. The van der Waals surface area contributed by atoms with Gasteiger partial charge in [0.25, 0.3) is 0 Å². The van der Waals surface area contributed by atoms with Crippen LogP contribution in [0, 0.1) is 0 Å². The average molecular weight is 349 g/mol. The Morgan fingerprint density at radius 3 is 2.64 bits per heavy atom. The maximum absolute atomic E-state index is 12.4. The first-order valence-corrected chi connectivity index (χ1v) is 8.37. The third-order valence-corrected chi connectivity index (χ3v) is 3.95. The lowest BCUT2D eigenvalue weighted by Crippen LogP contribution is -2.49. The number of carbonyl (C=O) groups excluding carboxylic acids is 2. The van der Waals surface area contributed by atoms with E-state index in [-0.39, 0.29) is 12.1 Å². The summed E-state index contributed by atoms with van der Waals surface area (Å²) in [5, 5.41) is 6.48. The molecule has 1 fully saturated rings. The van der Waals surface area contributed by atoms with Crippen molar-refractivity contribution in [2.45, 2.75) is 32.4 Å². The molecule has 1 unspecified atom stereocenters. The van der Waals surface area contributed by atoms with Gasteiger partial charge in [0.15, 0.2) is 0 Å². The first kappa shape index (κ1) is 19.1. The van der Waals surface area contributed by atoms with Crippen LogP contribution in [0.2, 0.25) is 0 Å². The number of hydrogen-bond acceptors (Lipinski definition) is 6. The minimum Gasteiger partial charge on any atom is -0.465 e. The zero-order chi connectivity index (χ0) is 18.6. The zero-order valence-electron chi connectivity index (χ0n) is 15.5. The van der Waals surface area contributed by atoms with Gasteiger partial charge in [-0.05, 0) is 32.4 Å². The van der Waals surface area contributed by atoms with Crippen LogP contribution in [0.15, 0.2) is 18.2 Å². The number of para-hydroxylation sites is 1. The molecular weight excluding hydrogens is 322 g/mol. The number of nitrogens with zero attached hydrogens (tertiary/aromatic N) is 1. The molecule has 1 amide bonds. The highest BCUT2D eigenvalue weighted by molar-refractivity contribution is 5.96. The molecule has 7 nitrogen and oxygen atoms in total. The number of hydrogen-bond donors (Lipinski definition) is 2. The van der Waals surface area contributed by atoms with E-state index in [0.29, 0.717) is 30.9 Å². The summed E-state index contributed by atoms with van der Waals surface area (Å²) in [5.41, 5.74) is 1.56. The Morgan fingerprint density at radius 1 is 1.32 bits per heavy atom. The maximum Gasteiger partial charge on any atom is 0.410 e. The molecule has 2 rings (SSSR count). The van der Waals surface area contributed by atoms with Gasteiger partial charge in [-0.15, -0.1) is 0 Å². The van der Waals surface area contributed by atoms with E-state index in [0.717, 1.165) is 5.56 Å². The van der Waals surface area contributed by atoms with Crippen LogP contribution in [0.3, 0.4) is 0 Å². The Labute approximate surface area is 148 Å². The molecule has 1 atom stereocenters. The molecule has 0 aliphatic carbocycles. The molecule has 1 aromatic rings. The number of amides is 1. The molecule has 1 heterocycles. The van der Waals surface area contributed by atoms with Crippen LogP contribution in [0.1, 0.15) is 42.7 Å². The van der Waals surface area contributed by atoms with E-state index < -0.39 is 11.6 Å². The van der Waals surface area contributed by atoms with Crippen molar-refractivity contribution in [1.29, 1.82) is 0 Å². The summed E-state index contributed by atoms with van der Waals surface area (Å²) in [6, 6.07) is 5.37. The van der Waals surface area contributed by atoms with Gasteiger partial charge in [-0.3, -0.25) is 0 Å². The molecule has 25 heavy (non-hydrogen) atoms. The van der Waals surface area contributed by atoms with E-state index in [9.17, 15) is 9.59 Å². The standard InChI is InChI=1S/C18H27N3O4/c1-18(2,3)25-17(23)21-10-9-20-14(11-21)12-7-6-8-13(15(12)19-4)16(22)24-5/h6-8,14,19-20H,9-11H2,1-5H3. The minimum absolute atomic E-state index is 0.103. The second-order valence-electron chi connectivity index (χ2n) is 6.94. The summed E-state index contributed by atoms with van der Waals surface area (Å²) in [7, 11) is 3.12. The summed E-state index contributed by atoms with van der Waals surface area (Å²) >= 11 is 0. The SMILES string of the molecule is CNc1c(C(=O)OC)cccc1C1CN(C(=O)OC(C)(C)C)CCN1. The van der Waals surface area contributed by atoms with Gasteiger partial charge >= 0.3 is 12.1 Å². The molecule has 7 heteroatoms. The quantitative estimate of drug-likeness (QED) is 0.816. The Bertz CT molecular complexity index is 640. The highest BCUT2D eigenvalue weighted by Gasteiger charge is 2.30. The van der Waals surface area contributed by atoms with E-state index in [4.69, 9.17) is 9.47 Å². The fourth-order valence-electron chi connectivity index (χ4n) is 2.87. The summed E-state index contributed by atoms with van der Waals surface area (Å²) in [6.07, 6.45) is -0.325. The molecule has 138 valence electrons. The van der Waals surface area contributed by atoms with E-state index >= 15 is 0 Å². The lowest BCUT2D eigenvalue weighted by atomic mass is 9.98. The monoisotopic (exact) mass is 349 g/mol. The van der Waals surface area contributed by atoms with Crippen LogP contribution >= 0.6 is 0 Å². The Balaban J connectivity index is 2.24. The summed E-state index contributed by atoms with van der Waals surface area (Å²) < 4.78 is 10.3. The van der Waals surface area contributed by atoms with Gasteiger partial charge in [-0.25, -0.2) is 9.59 Å². The number of carbonyl (C=O) groups is 2. The lowest BCUT2D eigenvalue weighted by Gasteiger charge is -2.35. The number of piperazine rings is 1. The van der Waals surface area contributed by atoms with Crippen molar-refractivity contribution in [3.05, 3.63) is 29.3 Å².